The van der Waals surface area contributed by atoms with Crippen LogP contribution in [0.5, 0.6) is 5.75 Å². The standard InChI is InChI=1S/C13H16N2O3S2/c1-17-10-9(14)11(13(16)18-2)20-12(10)15-6-5-8-4-3-7-19-8/h3-4,7,15H,5-6,14H2,1-2H3. The minimum absolute atomic E-state index is 0.322. The van der Waals surface area contributed by atoms with E-state index in [1.54, 1.807) is 11.3 Å². The molecule has 2 heterocycles. The summed E-state index contributed by atoms with van der Waals surface area (Å²) in [5.41, 5.74) is 6.23. The van der Waals surface area contributed by atoms with E-state index < -0.39 is 5.97 Å². The summed E-state index contributed by atoms with van der Waals surface area (Å²) in [6.07, 6.45) is 0.909. The van der Waals surface area contributed by atoms with Gasteiger partial charge in [-0.15, -0.1) is 22.7 Å². The summed E-state index contributed by atoms with van der Waals surface area (Å²) in [5, 5.41) is 6.06. The lowest BCUT2D eigenvalue weighted by Gasteiger charge is -2.06. The van der Waals surface area contributed by atoms with Crippen molar-refractivity contribution in [3.05, 3.63) is 27.3 Å². The van der Waals surface area contributed by atoms with Gasteiger partial charge in [-0.2, -0.15) is 0 Å². The average Bonchev–Trinajstić information content (AvgIpc) is 3.06. The normalized spacial score (nSPS) is 10.3. The second-order valence-electron chi connectivity index (χ2n) is 3.95. The first-order chi connectivity index (χ1) is 9.67. The zero-order chi connectivity index (χ0) is 14.5. The Kier molecular flexibility index (Phi) is 4.86. The van der Waals surface area contributed by atoms with Crippen LogP contribution in [-0.4, -0.2) is 26.7 Å². The first kappa shape index (κ1) is 14.7. The Bertz CT molecular complexity index is 579. The molecule has 0 spiro atoms. The molecule has 0 aromatic carbocycles. The second-order valence-corrected chi connectivity index (χ2v) is 6.01. The van der Waals surface area contributed by atoms with Gasteiger partial charge >= 0.3 is 5.97 Å². The number of hydrogen-bond acceptors (Lipinski definition) is 7. The fraction of sp³-hybridized carbons (Fsp3) is 0.308. The summed E-state index contributed by atoms with van der Waals surface area (Å²) in [5.74, 6) is 0.0543. The summed E-state index contributed by atoms with van der Waals surface area (Å²) in [7, 11) is 2.86. The highest BCUT2D eigenvalue weighted by molar-refractivity contribution is 7.19. The largest absolute Gasteiger partial charge is 0.492 e. The Balaban J connectivity index is 2.08. The number of hydrogen-bond donors (Lipinski definition) is 2. The van der Waals surface area contributed by atoms with Gasteiger partial charge in [0, 0.05) is 11.4 Å². The molecule has 2 aromatic rings. The van der Waals surface area contributed by atoms with E-state index in [0.29, 0.717) is 16.3 Å². The van der Waals surface area contributed by atoms with E-state index in [4.69, 9.17) is 15.2 Å². The molecule has 5 nitrogen and oxygen atoms in total. The van der Waals surface area contributed by atoms with Crippen molar-refractivity contribution in [1.82, 2.24) is 0 Å². The maximum Gasteiger partial charge on any atom is 0.350 e. The van der Waals surface area contributed by atoms with Gasteiger partial charge in [-0.05, 0) is 17.9 Å². The average molecular weight is 312 g/mol. The smallest absolute Gasteiger partial charge is 0.350 e. The van der Waals surface area contributed by atoms with Gasteiger partial charge in [-0.1, -0.05) is 6.07 Å². The summed E-state index contributed by atoms with van der Waals surface area (Å²) < 4.78 is 9.96. The van der Waals surface area contributed by atoms with E-state index in [-0.39, 0.29) is 0 Å². The quantitative estimate of drug-likeness (QED) is 0.802. The van der Waals surface area contributed by atoms with Crippen LogP contribution in [0.25, 0.3) is 0 Å². The Morgan fingerprint density at radius 1 is 1.45 bits per heavy atom. The van der Waals surface area contributed by atoms with Gasteiger partial charge in [0.1, 0.15) is 15.6 Å². The minimum Gasteiger partial charge on any atom is -0.492 e. The Hall–Kier alpha value is -1.73. The van der Waals surface area contributed by atoms with Crippen LogP contribution in [0.4, 0.5) is 10.7 Å². The van der Waals surface area contributed by atoms with Crippen LogP contribution >= 0.6 is 22.7 Å². The fourth-order valence-corrected chi connectivity index (χ4v) is 3.49. The number of rotatable bonds is 6. The minimum atomic E-state index is -0.447. The number of nitrogens with one attached hydrogen (secondary N) is 1. The number of nitrogen functional groups attached to an aromatic ring is 1. The summed E-state index contributed by atoms with van der Waals surface area (Å²) in [6, 6.07) is 4.12. The van der Waals surface area contributed by atoms with Crippen molar-refractivity contribution >= 4 is 39.3 Å². The Morgan fingerprint density at radius 3 is 2.85 bits per heavy atom. The van der Waals surface area contributed by atoms with Crippen molar-refractivity contribution in [3.8, 4) is 5.75 Å². The van der Waals surface area contributed by atoms with Gasteiger partial charge in [-0.3, -0.25) is 0 Å². The van der Waals surface area contributed by atoms with Gasteiger partial charge in [0.05, 0.1) is 14.2 Å². The van der Waals surface area contributed by atoms with Crippen molar-refractivity contribution < 1.29 is 14.3 Å². The molecule has 0 fully saturated rings. The highest BCUT2D eigenvalue weighted by Gasteiger charge is 2.22. The third-order valence-electron chi connectivity index (χ3n) is 2.71. The molecule has 0 aliphatic heterocycles. The molecule has 0 unspecified atom stereocenters. The molecule has 0 aliphatic carbocycles. The van der Waals surface area contributed by atoms with Crippen molar-refractivity contribution in [3.63, 3.8) is 0 Å². The molecular weight excluding hydrogens is 296 g/mol. The first-order valence-electron chi connectivity index (χ1n) is 5.98. The molecular formula is C13H16N2O3S2. The van der Waals surface area contributed by atoms with E-state index >= 15 is 0 Å². The zero-order valence-corrected chi connectivity index (χ0v) is 12.9. The zero-order valence-electron chi connectivity index (χ0n) is 11.3. The predicted molar refractivity (Wildman–Crippen MR) is 83.1 cm³/mol. The number of nitrogens with two attached hydrogens (primary N) is 1. The lowest BCUT2D eigenvalue weighted by atomic mass is 10.3. The third kappa shape index (κ3) is 3.05. The number of methoxy groups -OCH3 is 2. The molecule has 108 valence electrons. The summed E-state index contributed by atoms with van der Waals surface area (Å²) in [4.78, 5) is 13.3. The maximum absolute atomic E-state index is 11.6. The van der Waals surface area contributed by atoms with Gasteiger partial charge in [0.25, 0.3) is 0 Å². The second kappa shape index (κ2) is 6.62. The van der Waals surface area contributed by atoms with Gasteiger partial charge in [-0.25, -0.2) is 4.79 Å². The number of thiophene rings is 2. The Labute approximate surface area is 125 Å². The molecule has 2 aromatic heterocycles. The topological polar surface area (TPSA) is 73.6 Å². The van der Waals surface area contributed by atoms with Crippen LogP contribution in [0.2, 0.25) is 0 Å². The van der Waals surface area contributed by atoms with Crippen LogP contribution < -0.4 is 15.8 Å². The van der Waals surface area contributed by atoms with E-state index in [2.05, 4.69) is 16.8 Å². The van der Waals surface area contributed by atoms with Gasteiger partial charge in [0.2, 0.25) is 0 Å². The highest BCUT2D eigenvalue weighted by atomic mass is 32.1. The van der Waals surface area contributed by atoms with Crippen molar-refractivity contribution in [1.29, 1.82) is 0 Å². The summed E-state index contributed by atoms with van der Waals surface area (Å²) in [6.45, 7) is 0.747. The molecule has 0 saturated heterocycles. The predicted octanol–water partition coefficient (Wildman–Crippen LogP) is 2.84. The third-order valence-corrected chi connectivity index (χ3v) is 4.77. The van der Waals surface area contributed by atoms with Crippen LogP contribution in [0, 0.1) is 0 Å². The maximum atomic E-state index is 11.6. The lowest BCUT2D eigenvalue weighted by Crippen LogP contribution is -2.04. The fourth-order valence-electron chi connectivity index (χ4n) is 1.75. The van der Waals surface area contributed by atoms with Crippen LogP contribution in [0.15, 0.2) is 17.5 Å². The summed E-state index contributed by atoms with van der Waals surface area (Å²) >= 11 is 2.97. The number of ether oxygens (including phenoxy) is 2. The molecule has 0 saturated carbocycles. The monoisotopic (exact) mass is 312 g/mol. The molecule has 0 amide bonds. The van der Waals surface area contributed by atoms with E-state index in [1.807, 2.05) is 6.07 Å². The molecule has 0 aliphatic rings. The molecule has 3 N–H and O–H groups in total. The number of carbonyl (C=O) groups is 1. The van der Waals surface area contributed by atoms with Crippen LogP contribution in [0.1, 0.15) is 14.5 Å². The van der Waals surface area contributed by atoms with E-state index in [9.17, 15) is 4.79 Å². The molecule has 2 rings (SSSR count). The SMILES string of the molecule is COC(=O)c1sc(NCCc2cccs2)c(OC)c1N. The molecule has 7 heteroatoms. The first-order valence-corrected chi connectivity index (χ1v) is 7.67. The number of anilines is 2. The molecule has 0 atom stereocenters. The van der Waals surface area contributed by atoms with Crippen LogP contribution in [0.3, 0.4) is 0 Å². The van der Waals surface area contributed by atoms with E-state index in [1.165, 1.54) is 30.4 Å². The van der Waals surface area contributed by atoms with Crippen molar-refractivity contribution in [2.75, 3.05) is 31.8 Å². The number of esters is 1. The lowest BCUT2D eigenvalue weighted by molar-refractivity contribution is 0.0607. The van der Waals surface area contributed by atoms with Gasteiger partial charge < -0.3 is 20.5 Å². The molecule has 20 heavy (non-hydrogen) atoms. The highest BCUT2D eigenvalue weighted by Crippen LogP contribution is 2.42. The van der Waals surface area contributed by atoms with Crippen molar-refractivity contribution in [2.45, 2.75) is 6.42 Å². The molecule has 0 radical (unpaired) electrons. The van der Waals surface area contributed by atoms with E-state index in [0.717, 1.165) is 18.0 Å². The van der Waals surface area contributed by atoms with Gasteiger partial charge in [0.15, 0.2) is 5.75 Å². The Morgan fingerprint density at radius 2 is 2.25 bits per heavy atom. The van der Waals surface area contributed by atoms with Crippen molar-refractivity contribution in [2.24, 2.45) is 0 Å². The molecule has 0 bridgehead atoms. The number of carbonyl (C=O) groups excluding carboxylic acids is 1. The van der Waals surface area contributed by atoms with Crippen LogP contribution in [-0.2, 0) is 11.2 Å².